The first-order valence-electron chi connectivity index (χ1n) is 11.4. The van der Waals surface area contributed by atoms with E-state index in [-0.39, 0.29) is 5.04 Å². The quantitative estimate of drug-likeness (QED) is 0.186. The summed E-state index contributed by atoms with van der Waals surface area (Å²) >= 11 is 0. The largest absolute Gasteiger partial charge is 0.397 e. The molecule has 0 aliphatic heterocycles. The van der Waals surface area contributed by atoms with Crippen LogP contribution in [0.3, 0.4) is 0 Å². The Morgan fingerprint density at radius 3 is 1.50 bits per heavy atom. The van der Waals surface area contributed by atoms with Crippen molar-refractivity contribution < 1.29 is 8.85 Å². The first-order chi connectivity index (χ1) is 12.3. The lowest BCUT2D eigenvalue weighted by Gasteiger charge is -2.47. The van der Waals surface area contributed by atoms with Crippen molar-refractivity contribution >= 4 is 8.56 Å². The van der Waals surface area contributed by atoms with Crippen molar-refractivity contribution in [2.45, 2.75) is 123 Å². The van der Waals surface area contributed by atoms with Crippen molar-refractivity contribution in [1.29, 1.82) is 0 Å². The van der Waals surface area contributed by atoms with E-state index in [1.807, 2.05) is 14.2 Å². The standard InChI is InChI=1S/C23H50O2Si/c1-9-11-12-13-14-15-16-17-18-19-20-26(24-7,25-8)23(5,6)22(10-2)21(3)4/h21-22H,9-20H2,1-8H3. The molecule has 0 saturated carbocycles. The second kappa shape index (κ2) is 14.2. The van der Waals surface area contributed by atoms with E-state index in [0.29, 0.717) is 11.8 Å². The Morgan fingerprint density at radius 2 is 1.15 bits per heavy atom. The summed E-state index contributed by atoms with van der Waals surface area (Å²) < 4.78 is 12.4. The van der Waals surface area contributed by atoms with Gasteiger partial charge >= 0.3 is 8.56 Å². The van der Waals surface area contributed by atoms with Crippen LogP contribution < -0.4 is 0 Å². The molecule has 1 unspecified atom stereocenters. The molecule has 1 atom stereocenters. The molecule has 0 heterocycles. The average molecular weight is 387 g/mol. The lowest BCUT2D eigenvalue weighted by atomic mass is 9.83. The molecule has 0 aromatic carbocycles. The van der Waals surface area contributed by atoms with E-state index in [1.165, 1.54) is 70.6 Å². The van der Waals surface area contributed by atoms with Gasteiger partial charge in [0.15, 0.2) is 0 Å². The molecular formula is C23H50O2Si. The monoisotopic (exact) mass is 386 g/mol. The fraction of sp³-hybridized carbons (Fsp3) is 1.00. The zero-order chi connectivity index (χ0) is 20.1. The molecule has 0 fully saturated rings. The molecule has 0 aromatic rings. The van der Waals surface area contributed by atoms with Crippen LogP contribution in [0.2, 0.25) is 11.1 Å². The molecule has 0 rings (SSSR count). The second-order valence-corrected chi connectivity index (χ2v) is 13.2. The maximum atomic E-state index is 6.18. The van der Waals surface area contributed by atoms with Gasteiger partial charge in [-0.3, -0.25) is 0 Å². The van der Waals surface area contributed by atoms with Gasteiger partial charge in [0.1, 0.15) is 0 Å². The van der Waals surface area contributed by atoms with Gasteiger partial charge < -0.3 is 8.85 Å². The zero-order valence-electron chi connectivity index (χ0n) is 19.5. The molecule has 0 amide bonds. The predicted octanol–water partition coefficient (Wildman–Crippen LogP) is 8.10. The highest BCUT2D eigenvalue weighted by Gasteiger charge is 2.54. The first-order valence-corrected chi connectivity index (χ1v) is 13.5. The molecular weight excluding hydrogens is 336 g/mol. The molecule has 0 aliphatic carbocycles. The van der Waals surface area contributed by atoms with Gasteiger partial charge in [-0.05, 0) is 17.9 Å². The minimum Gasteiger partial charge on any atom is -0.397 e. The van der Waals surface area contributed by atoms with E-state index in [9.17, 15) is 0 Å². The molecule has 0 radical (unpaired) electrons. The van der Waals surface area contributed by atoms with Crippen LogP contribution in [0.4, 0.5) is 0 Å². The highest BCUT2D eigenvalue weighted by molar-refractivity contribution is 6.70. The highest BCUT2D eigenvalue weighted by atomic mass is 28.4. The maximum absolute atomic E-state index is 6.18. The topological polar surface area (TPSA) is 18.5 Å². The van der Waals surface area contributed by atoms with Crippen LogP contribution in [0, 0.1) is 11.8 Å². The Morgan fingerprint density at radius 1 is 0.731 bits per heavy atom. The third-order valence-electron chi connectivity index (χ3n) is 6.67. The number of rotatable bonds is 17. The summed E-state index contributed by atoms with van der Waals surface area (Å²) in [7, 11) is 1.57. The molecule has 158 valence electrons. The Hall–Kier alpha value is 0.137. The van der Waals surface area contributed by atoms with E-state index in [4.69, 9.17) is 8.85 Å². The summed E-state index contributed by atoms with van der Waals surface area (Å²) in [5.41, 5.74) is 0. The average Bonchev–Trinajstić information content (AvgIpc) is 2.60. The molecule has 0 bridgehead atoms. The lowest BCUT2D eigenvalue weighted by Crippen LogP contribution is -2.53. The predicted molar refractivity (Wildman–Crippen MR) is 119 cm³/mol. The molecule has 0 aromatic heterocycles. The van der Waals surface area contributed by atoms with Crippen LogP contribution in [-0.4, -0.2) is 22.8 Å². The molecule has 0 N–H and O–H groups in total. The molecule has 0 aliphatic rings. The fourth-order valence-electron chi connectivity index (χ4n) is 5.08. The van der Waals surface area contributed by atoms with E-state index in [0.717, 1.165) is 6.04 Å². The smallest absolute Gasteiger partial charge is 0.343 e. The van der Waals surface area contributed by atoms with Crippen molar-refractivity contribution in [3.05, 3.63) is 0 Å². The van der Waals surface area contributed by atoms with E-state index >= 15 is 0 Å². The highest BCUT2D eigenvalue weighted by Crippen LogP contribution is 2.51. The minimum atomic E-state index is -2.21. The van der Waals surface area contributed by atoms with Crippen LogP contribution in [-0.2, 0) is 8.85 Å². The number of hydrogen-bond donors (Lipinski definition) is 0. The first kappa shape index (κ1) is 26.1. The maximum Gasteiger partial charge on any atom is 0.343 e. The van der Waals surface area contributed by atoms with Crippen LogP contribution in [0.25, 0.3) is 0 Å². The SMILES string of the molecule is CCCCCCCCCCCC[Si](OC)(OC)C(C)(C)C(CC)C(C)C. The number of unbranched alkanes of at least 4 members (excludes halogenated alkanes) is 9. The Kier molecular flexibility index (Phi) is 14.3. The molecule has 3 heteroatoms. The van der Waals surface area contributed by atoms with Gasteiger partial charge in [0.25, 0.3) is 0 Å². The van der Waals surface area contributed by atoms with Gasteiger partial charge in [-0.2, -0.15) is 0 Å². The van der Waals surface area contributed by atoms with Gasteiger partial charge in [-0.1, -0.05) is 112 Å². The fourth-order valence-corrected chi connectivity index (χ4v) is 9.17. The Balaban J connectivity index is 4.38. The molecule has 0 saturated heterocycles. The lowest BCUT2D eigenvalue weighted by molar-refractivity contribution is 0.161. The molecule has 2 nitrogen and oxygen atoms in total. The molecule has 0 spiro atoms. The van der Waals surface area contributed by atoms with Gasteiger partial charge in [0.2, 0.25) is 0 Å². The Labute approximate surface area is 167 Å². The number of hydrogen-bond acceptors (Lipinski definition) is 2. The van der Waals surface area contributed by atoms with Crippen LogP contribution in [0.5, 0.6) is 0 Å². The summed E-state index contributed by atoms with van der Waals surface area (Å²) in [4.78, 5) is 0. The minimum absolute atomic E-state index is 0.138. The summed E-state index contributed by atoms with van der Waals surface area (Å²) in [5, 5.41) is 0.138. The van der Waals surface area contributed by atoms with Crippen molar-refractivity contribution in [2.24, 2.45) is 11.8 Å². The third kappa shape index (κ3) is 8.02. The molecule has 26 heavy (non-hydrogen) atoms. The van der Waals surface area contributed by atoms with Crippen molar-refractivity contribution in [3.8, 4) is 0 Å². The van der Waals surface area contributed by atoms with Crippen molar-refractivity contribution in [2.75, 3.05) is 14.2 Å². The zero-order valence-corrected chi connectivity index (χ0v) is 20.5. The normalized spacial score (nSPS) is 14.2. The van der Waals surface area contributed by atoms with Crippen molar-refractivity contribution in [1.82, 2.24) is 0 Å². The van der Waals surface area contributed by atoms with Crippen LogP contribution in [0.1, 0.15) is 112 Å². The second-order valence-electron chi connectivity index (χ2n) is 9.07. The van der Waals surface area contributed by atoms with Gasteiger partial charge in [0, 0.05) is 19.3 Å². The summed E-state index contributed by atoms with van der Waals surface area (Å²) in [6, 6.07) is 1.13. The summed E-state index contributed by atoms with van der Waals surface area (Å²) in [6.45, 7) is 14.1. The van der Waals surface area contributed by atoms with Crippen LogP contribution >= 0.6 is 0 Å². The Bertz CT molecular complexity index is 324. The summed E-state index contributed by atoms with van der Waals surface area (Å²) in [6.07, 6.45) is 15.0. The van der Waals surface area contributed by atoms with Gasteiger partial charge in [-0.25, -0.2) is 0 Å². The van der Waals surface area contributed by atoms with Gasteiger partial charge in [-0.15, -0.1) is 0 Å². The van der Waals surface area contributed by atoms with Crippen molar-refractivity contribution in [3.63, 3.8) is 0 Å². The summed E-state index contributed by atoms with van der Waals surface area (Å²) in [5.74, 6) is 1.32. The van der Waals surface area contributed by atoms with E-state index < -0.39 is 8.56 Å². The van der Waals surface area contributed by atoms with E-state index in [1.54, 1.807) is 0 Å². The van der Waals surface area contributed by atoms with Gasteiger partial charge in [0.05, 0.1) is 0 Å². The van der Waals surface area contributed by atoms with Crippen LogP contribution in [0.15, 0.2) is 0 Å². The third-order valence-corrected chi connectivity index (χ3v) is 11.3. The van der Waals surface area contributed by atoms with E-state index in [2.05, 4.69) is 41.5 Å².